The fraction of sp³-hybridized carbons (Fsp3) is 0.200. The van der Waals surface area contributed by atoms with E-state index in [2.05, 4.69) is 20.9 Å². The Morgan fingerprint density at radius 3 is 2.60 bits per heavy atom. The van der Waals surface area contributed by atoms with Crippen LogP contribution in [0.4, 0.5) is 0 Å². The van der Waals surface area contributed by atoms with Crippen LogP contribution in [0.25, 0.3) is 0 Å². The van der Waals surface area contributed by atoms with E-state index < -0.39 is 17.8 Å². The van der Waals surface area contributed by atoms with Crippen molar-refractivity contribution < 1.29 is 23.9 Å². The maximum absolute atomic E-state index is 11.6. The summed E-state index contributed by atoms with van der Waals surface area (Å²) in [6.07, 6.45) is 1.91. The highest BCUT2D eigenvalue weighted by Crippen LogP contribution is 2.22. The molecule has 0 heterocycles. The molecule has 0 aliphatic rings. The smallest absolute Gasteiger partial charge is 0.330 e. The highest BCUT2D eigenvalue weighted by Gasteiger charge is 2.07. The van der Waals surface area contributed by atoms with Crippen LogP contribution in [0.2, 0.25) is 5.02 Å². The molecule has 0 aromatic heterocycles. The molecule has 1 aromatic rings. The van der Waals surface area contributed by atoms with Gasteiger partial charge in [-0.3, -0.25) is 25.8 Å². The summed E-state index contributed by atoms with van der Waals surface area (Å²) in [5.41, 5.74) is 4.55. The van der Waals surface area contributed by atoms with Crippen LogP contribution in [-0.4, -0.2) is 36.1 Å². The maximum atomic E-state index is 11.6. The van der Waals surface area contributed by atoms with Gasteiger partial charge in [0, 0.05) is 12.2 Å². The molecule has 1 rings (SSSR count). The van der Waals surface area contributed by atoms with Gasteiger partial charge in [0.05, 0.1) is 11.6 Å². The highest BCUT2D eigenvalue weighted by molar-refractivity contribution is 7.80. The summed E-state index contributed by atoms with van der Waals surface area (Å²) in [4.78, 5) is 34.1. The molecule has 0 unspecified atom stereocenters. The minimum Gasteiger partial charge on any atom is -0.482 e. The van der Waals surface area contributed by atoms with Gasteiger partial charge in [0.25, 0.3) is 5.91 Å². The third-order valence-electron chi connectivity index (χ3n) is 2.40. The Balaban J connectivity index is 2.29. The second-order valence-electron chi connectivity index (χ2n) is 4.30. The number of halogens is 1. The van der Waals surface area contributed by atoms with Crippen LogP contribution >= 0.6 is 23.8 Å². The fourth-order valence-corrected chi connectivity index (χ4v) is 1.73. The van der Waals surface area contributed by atoms with Gasteiger partial charge in [-0.05, 0) is 31.3 Å². The average Bonchev–Trinajstić information content (AvgIpc) is 2.58. The average molecular weight is 386 g/mol. The largest absolute Gasteiger partial charge is 0.482 e. The number of carbonyl (C=O) groups is 3. The molecule has 0 spiro atoms. The number of esters is 1. The quantitative estimate of drug-likeness (QED) is 0.288. The first kappa shape index (κ1) is 20.4. The minimum absolute atomic E-state index is 0.162. The number of hydrazine groups is 1. The number of nitrogens with one attached hydrogen (secondary N) is 3. The van der Waals surface area contributed by atoms with Gasteiger partial charge in [-0.25, -0.2) is 4.79 Å². The Kier molecular flexibility index (Phi) is 8.97. The van der Waals surface area contributed by atoms with Crippen molar-refractivity contribution in [3.63, 3.8) is 0 Å². The molecule has 1 aromatic carbocycles. The Bertz CT molecular complexity index is 681. The lowest BCUT2D eigenvalue weighted by Gasteiger charge is -2.11. The van der Waals surface area contributed by atoms with Gasteiger partial charge in [0.2, 0.25) is 5.91 Å². The molecule has 25 heavy (non-hydrogen) atoms. The monoisotopic (exact) mass is 385 g/mol. The predicted octanol–water partition coefficient (Wildman–Crippen LogP) is 0.860. The number of para-hydroxylation sites is 1. The standard InChI is InChI=1S/C15H16ClN3O5S/c1-2-23-14(22)8-7-12(20)17-15(25)19-18-13(21)9-24-11-6-4-3-5-10(11)16/h3-8H,2,9H2,1H3,(H,18,21)(H2,17,19,20,25)/b8-7+. The zero-order valence-corrected chi connectivity index (χ0v) is 14.8. The molecule has 0 radical (unpaired) electrons. The van der Waals surface area contributed by atoms with Crippen LogP contribution in [0.15, 0.2) is 36.4 Å². The summed E-state index contributed by atoms with van der Waals surface area (Å²) in [5, 5.41) is 2.44. The Labute approximate surface area is 154 Å². The van der Waals surface area contributed by atoms with Crippen LogP contribution in [0.1, 0.15) is 6.92 Å². The molecular formula is C15H16ClN3O5S. The molecule has 0 saturated heterocycles. The number of ether oxygens (including phenoxy) is 2. The highest BCUT2D eigenvalue weighted by atomic mass is 35.5. The van der Waals surface area contributed by atoms with E-state index in [-0.39, 0.29) is 18.3 Å². The SMILES string of the molecule is CCOC(=O)/C=C/C(=O)NC(=S)NNC(=O)COc1ccccc1Cl. The summed E-state index contributed by atoms with van der Waals surface area (Å²) in [6, 6.07) is 6.69. The third kappa shape index (κ3) is 8.68. The van der Waals surface area contributed by atoms with Crippen molar-refractivity contribution in [3.8, 4) is 5.75 Å². The molecule has 0 bridgehead atoms. The number of thiocarbonyl (C=S) groups is 1. The molecule has 10 heteroatoms. The number of rotatable bonds is 6. The maximum Gasteiger partial charge on any atom is 0.330 e. The third-order valence-corrected chi connectivity index (χ3v) is 2.92. The van der Waals surface area contributed by atoms with Crippen LogP contribution in [0, 0.1) is 0 Å². The van der Waals surface area contributed by atoms with E-state index in [1.165, 1.54) is 0 Å². The van der Waals surface area contributed by atoms with Crippen LogP contribution in [-0.2, 0) is 19.1 Å². The second-order valence-corrected chi connectivity index (χ2v) is 5.11. The number of carbonyl (C=O) groups excluding carboxylic acids is 3. The van der Waals surface area contributed by atoms with Crippen molar-refractivity contribution in [1.29, 1.82) is 0 Å². The zero-order valence-electron chi connectivity index (χ0n) is 13.2. The lowest BCUT2D eigenvalue weighted by molar-refractivity contribution is -0.137. The first-order chi connectivity index (χ1) is 11.9. The molecule has 8 nitrogen and oxygen atoms in total. The van der Waals surface area contributed by atoms with Gasteiger partial charge in [-0.2, -0.15) is 0 Å². The molecule has 134 valence electrons. The van der Waals surface area contributed by atoms with Crippen LogP contribution < -0.4 is 20.9 Å². The van der Waals surface area contributed by atoms with E-state index in [9.17, 15) is 14.4 Å². The van der Waals surface area contributed by atoms with Crippen molar-refractivity contribution in [2.75, 3.05) is 13.2 Å². The predicted molar refractivity (Wildman–Crippen MR) is 94.7 cm³/mol. The topological polar surface area (TPSA) is 106 Å². The Hall–Kier alpha value is -2.65. The van der Waals surface area contributed by atoms with Gasteiger partial charge in [0.1, 0.15) is 5.75 Å². The van der Waals surface area contributed by atoms with Crippen molar-refractivity contribution in [2.24, 2.45) is 0 Å². The molecule has 0 fully saturated rings. The van der Waals surface area contributed by atoms with Gasteiger partial charge >= 0.3 is 5.97 Å². The van der Waals surface area contributed by atoms with Gasteiger partial charge in [-0.15, -0.1) is 0 Å². The van der Waals surface area contributed by atoms with E-state index in [1.54, 1.807) is 31.2 Å². The van der Waals surface area contributed by atoms with Gasteiger partial charge in [0.15, 0.2) is 11.7 Å². The normalized spacial score (nSPS) is 10.0. The zero-order chi connectivity index (χ0) is 18.7. The summed E-state index contributed by atoms with van der Waals surface area (Å²) in [5.74, 6) is -1.49. The molecule has 0 aliphatic carbocycles. The summed E-state index contributed by atoms with van der Waals surface area (Å²) in [7, 11) is 0. The van der Waals surface area contributed by atoms with E-state index >= 15 is 0 Å². The molecule has 3 N–H and O–H groups in total. The van der Waals surface area contributed by atoms with Crippen molar-refractivity contribution in [2.45, 2.75) is 6.92 Å². The summed E-state index contributed by atoms with van der Waals surface area (Å²) in [6.45, 7) is 1.53. The Morgan fingerprint density at radius 2 is 1.92 bits per heavy atom. The minimum atomic E-state index is -0.660. The molecular weight excluding hydrogens is 370 g/mol. The second kappa shape index (κ2) is 11.0. The van der Waals surface area contributed by atoms with E-state index in [4.69, 9.17) is 28.6 Å². The lowest BCUT2D eigenvalue weighted by atomic mass is 10.3. The van der Waals surface area contributed by atoms with E-state index in [1.807, 2.05) is 0 Å². The van der Waals surface area contributed by atoms with E-state index in [0.29, 0.717) is 10.8 Å². The van der Waals surface area contributed by atoms with Gasteiger partial charge in [-0.1, -0.05) is 23.7 Å². The number of hydrogen-bond acceptors (Lipinski definition) is 6. The van der Waals surface area contributed by atoms with Gasteiger partial charge < -0.3 is 9.47 Å². The van der Waals surface area contributed by atoms with Crippen molar-refractivity contribution in [1.82, 2.24) is 16.2 Å². The number of amides is 2. The fourth-order valence-electron chi connectivity index (χ4n) is 1.39. The van der Waals surface area contributed by atoms with E-state index in [0.717, 1.165) is 12.2 Å². The molecule has 0 saturated carbocycles. The van der Waals surface area contributed by atoms with Crippen LogP contribution in [0.3, 0.4) is 0 Å². The first-order valence-corrected chi connectivity index (χ1v) is 7.83. The first-order valence-electron chi connectivity index (χ1n) is 7.04. The number of benzene rings is 1. The molecule has 2 amide bonds. The molecule has 0 aliphatic heterocycles. The van der Waals surface area contributed by atoms with Crippen molar-refractivity contribution >= 4 is 46.7 Å². The Morgan fingerprint density at radius 1 is 1.20 bits per heavy atom. The lowest BCUT2D eigenvalue weighted by Crippen LogP contribution is -2.49. The number of hydrogen-bond donors (Lipinski definition) is 3. The van der Waals surface area contributed by atoms with Crippen molar-refractivity contribution in [3.05, 3.63) is 41.4 Å². The summed E-state index contributed by atoms with van der Waals surface area (Å²) < 4.78 is 9.84. The summed E-state index contributed by atoms with van der Waals surface area (Å²) >= 11 is 10.7. The van der Waals surface area contributed by atoms with Crippen LogP contribution in [0.5, 0.6) is 5.75 Å². The molecule has 0 atom stereocenters.